The zero-order valence-corrected chi connectivity index (χ0v) is 19.3. The van der Waals surface area contributed by atoms with Gasteiger partial charge in [-0.1, -0.05) is 27.7 Å². The Morgan fingerprint density at radius 1 is 0.967 bits per heavy atom. The lowest BCUT2D eigenvalue weighted by molar-refractivity contribution is -0.173. The van der Waals surface area contributed by atoms with Crippen molar-refractivity contribution < 1.29 is 19.1 Å². The van der Waals surface area contributed by atoms with Crippen molar-refractivity contribution in [1.82, 2.24) is 0 Å². The summed E-state index contributed by atoms with van der Waals surface area (Å²) in [5.74, 6) is 3.36. The predicted octanol–water partition coefficient (Wildman–Crippen LogP) is 5.04. The van der Waals surface area contributed by atoms with E-state index in [0.717, 1.165) is 25.7 Å². The largest absolute Gasteiger partial charge is 0.350 e. The number of ether oxygens (including phenoxy) is 2. The van der Waals surface area contributed by atoms with Crippen molar-refractivity contribution in [2.45, 2.75) is 85.4 Å². The molecule has 4 unspecified atom stereocenters. The van der Waals surface area contributed by atoms with Gasteiger partial charge < -0.3 is 9.47 Å². The van der Waals surface area contributed by atoms with Crippen molar-refractivity contribution in [2.75, 3.05) is 13.2 Å². The summed E-state index contributed by atoms with van der Waals surface area (Å²) in [6, 6.07) is 0. The Hall–Kier alpha value is -0.740. The van der Waals surface area contributed by atoms with E-state index in [2.05, 4.69) is 27.7 Å². The highest BCUT2D eigenvalue weighted by Crippen LogP contribution is 2.68. The molecule has 4 nitrogen and oxygen atoms in total. The van der Waals surface area contributed by atoms with Gasteiger partial charge in [-0.25, -0.2) is 0 Å². The van der Waals surface area contributed by atoms with Crippen LogP contribution in [0.15, 0.2) is 0 Å². The second-order valence-electron chi connectivity index (χ2n) is 11.7. The van der Waals surface area contributed by atoms with Crippen LogP contribution in [0.4, 0.5) is 0 Å². The second-order valence-corrected chi connectivity index (χ2v) is 11.7. The Labute approximate surface area is 181 Å². The van der Waals surface area contributed by atoms with Crippen molar-refractivity contribution >= 4 is 11.6 Å². The molecule has 0 N–H and O–H groups in total. The maximum atomic E-state index is 14.0. The third-order valence-electron chi connectivity index (χ3n) is 10.8. The van der Waals surface area contributed by atoms with Gasteiger partial charge in [0, 0.05) is 30.6 Å². The molecular weight excluding hydrogens is 376 g/mol. The van der Waals surface area contributed by atoms with Gasteiger partial charge in [-0.15, -0.1) is 0 Å². The Balaban J connectivity index is 1.46. The molecule has 4 saturated carbocycles. The monoisotopic (exact) mass is 416 g/mol. The van der Waals surface area contributed by atoms with Crippen molar-refractivity contribution in [3.05, 3.63) is 0 Å². The minimum absolute atomic E-state index is 0.0694. The van der Waals surface area contributed by atoms with Gasteiger partial charge in [-0.05, 0) is 73.0 Å². The molecule has 0 aromatic carbocycles. The van der Waals surface area contributed by atoms with Crippen LogP contribution in [0, 0.1) is 52.3 Å². The third kappa shape index (κ3) is 2.85. The lowest BCUT2D eigenvalue weighted by Gasteiger charge is -2.61. The van der Waals surface area contributed by atoms with Crippen LogP contribution in [0.25, 0.3) is 0 Å². The van der Waals surface area contributed by atoms with Gasteiger partial charge in [-0.2, -0.15) is 0 Å². The normalized spacial score (nSPS) is 50.1. The molecule has 0 aromatic heterocycles. The summed E-state index contributed by atoms with van der Waals surface area (Å²) in [6.45, 7) is 10.8. The average molecular weight is 417 g/mol. The Morgan fingerprint density at radius 2 is 1.67 bits per heavy atom. The number of rotatable bonds is 3. The summed E-state index contributed by atoms with van der Waals surface area (Å²) in [5, 5.41) is 0. The minimum atomic E-state index is -0.0694. The molecule has 5 aliphatic rings. The van der Waals surface area contributed by atoms with Crippen molar-refractivity contribution in [2.24, 2.45) is 52.3 Å². The molecule has 0 bridgehead atoms. The molecule has 1 heterocycles. The number of ketones is 2. The van der Waals surface area contributed by atoms with E-state index in [1.807, 2.05) is 0 Å². The summed E-state index contributed by atoms with van der Waals surface area (Å²) >= 11 is 0. The predicted molar refractivity (Wildman–Crippen MR) is 115 cm³/mol. The first-order chi connectivity index (χ1) is 14.3. The molecule has 1 saturated heterocycles. The average Bonchev–Trinajstić information content (AvgIpc) is 3.37. The smallest absolute Gasteiger partial charge is 0.160 e. The number of carbonyl (C=O) groups is 2. The van der Waals surface area contributed by atoms with Crippen LogP contribution in [0.3, 0.4) is 0 Å². The summed E-state index contributed by atoms with van der Waals surface area (Å²) < 4.78 is 11.8. The van der Waals surface area contributed by atoms with Gasteiger partial charge in [0.05, 0.1) is 13.2 Å². The topological polar surface area (TPSA) is 52.6 Å². The number of hydrogen-bond acceptors (Lipinski definition) is 4. The molecule has 1 aliphatic heterocycles. The van der Waals surface area contributed by atoms with E-state index in [1.165, 1.54) is 19.3 Å². The number of Topliss-reactive ketones (excluding diaryl/α,β-unsaturated/α-hetero) is 2. The maximum Gasteiger partial charge on any atom is 0.160 e. The van der Waals surface area contributed by atoms with Gasteiger partial charge in [-0.3, -0.25) is 9.59 Å². The molecule has 0 spiro atoms. The van der Waals surface area contributed by atoms with Gasteiger partial charge >= 0.3 is 0 Å². The van der Waals surface area contributed by atoms with Crippen LogP contribution in [0.1, 0.15) is 79.1 Å². The highest BCUT2D eigenvalue weighted by atomic mass is 16.7. The molecule has 168 valence electrons. The highest BCUT2D eigenvalue weighted by molar-refractivity contribution is 5.88. The summed E-state index contributed by atoms with van der Waals surface area (Å²) in [7, 11) is 0. The van der Waals surface area contributed by atoms with Gasteiger partial charge in [0.25, 0.3) is 0 Å². The molecule has 0 amide bonds. The second kappa shape index (κ2) is 7.40. The zero-order valence-electron chi connectivity index (χ0n) is 19.3. The number of fused-ring (bicyclic) bond motifs is 5. The van der Waals surface area contributed by atoms with Crippen molar-refractivity contribution in [3.8, 4) is 0 Å². The molecule has 4 aliphatic carbocycles. The number of carbonyl (C=O) groups excluding carboxylic acids is 2. The Morgan fingerprint density at radius 3 is 2.37 bits per heavy atom. The van der Waals surface area contributed by atoms with E-state index in [4.69, 9.17) is 9.47 Å². The standard InChI is InChI=1S/C26H40O4/c1-5-17-21-14-16(27)8-10-26(21,4)20-9-11-25(3)18(15(2)24-29-12-13-30-24)6-7-19(25)22(20)23(17)28/h15,17-22,24H,5-14H2,1-4H3/t15-,17+,18+,19?,20?,21?,22?,25+,26+/m0/s1. The highest BCUT2D eigenvalue weighted by Gasteiger charge is 2.65. The molecule has 9 atom stereocenters. The third-order valence-corrected chi connectivity index (χ3v) is 10.8. The summed E-state index contributed by atoms with van der Waals surface area (Å²) in [6.07, 6.45) is 7.90. The summed E-state index contributed by atoms with van der Waals surface area (Å²) in [5.41, 5.74) is 0.368. The Kier molecular flexibility index (Phi) is 5.21. The van der Waals surface area contributed by atoms with Crippen LogP contribution in [0.5, 0.6) is 0 Å². The van der Waals surface area contributed by atoms with Crippen LogP contribution in [0.2, 0.25) is 0 Å². The van der Waals surface area contributed by atoms with E-state index in [-0.39, 0.29) is 34.9 Å². The lowest BCUT2D eigenvalue weighted by Crippen LogP contribution is -2.60. The molecular formula is C26H40O4. The first-order valence-corrected chi connectivity index (χ1v) is 12.6. The van der Waals surface area contributed by atoms with E-state index >= 15 is 0 Å². The van der Waals surface area contributed by atoms with Crippen LogP contribution < -0.4 is 0 Å². The fourth-order valence-electron chi connectivity index (χ4n) is 9.22. The minimum Gasteiger partial charge on any atom is -0.350 e. The van der Waals surface area contributed by atoms with Crippen molar-refractivity contribution in [1.29, 1.82) is 0 Å². The van der Waals surface area contributed by atoms with Gasteiger partial charge in [0.15, 0.2) is 6.29 Å². The van der Waals surface area contributed by atoms with Crippen molar-refractivity contribution in [3.63, 3.8) is 0 Å². The Bertz CT molecular complexity index is 712. The first kappa shape index (κ1) is 21.1. The molecule has 0 aromatic rings. The van der Waals surface area contributed by atoms with Crippen LogP contribution >= 0.6 is 0 Å². The van der Waals surface area contributed by atoms with Gasteiger partial charge in [0.1, 0.15) is 11.6 Å². The van der Waals surface area contributed by atoms with Crippen LogP contribution in [-0.4, -0.2) is 31.1 Å². The lowest BCUT2D eigenvalue weighted by atomic mass is 9.42. The molecule has 30 heavy (non-hydrogen) atoms. The van der Waals surface area contributed by atoms with Gasteiger partial charge in [0.2, 0.25) is 0 Å². The maximum absolute atomic E-state index is 14.0. The number of hydrogen-bond donors (Lipinski definition) is 0. The fraction of sp³-hybridized carbons (Fsp3) is 0.923. The van der Waals surface area contributed by atoms with Crippen LogP contribution in [-0.2, 0) is 19.1 Å². The SMILES string of the molecule is CC[C@H]1C(=O)C2C(CC[C@@]3(C)C2CC[C@@H]3[C@H](C)C2OCCO2)[C@@]2(C)CCC(=O)CC12. The van der Waals surface area contributed by atoms with E-state index < -0.39 is 0 Å². The molecule has 5 rings (SSSR count). The van der Waals surface area contributed by atoms with E-state index in [1.54, 1.807) is 0 Å². The zero-order chi connectivity index (χ0) is 21.3. The summed E-state index contributed by atoms with van der Waals surface area (Å²) in [4.78, 5) is 26.3. The molecule has 0 radical (unpaired) electrons. The first-order valence-electron chi connectivity index (χ1n) is 12.6. The molecule has 5 fully saturated rings. The fourth-order valence-corrected chi connectivity index (χ4v) is 9.22. The van der Waals surface area contributed by atoms with E-state index in [0.29, 0.717) is 54.9 Å². The quantitative estimate of drug-likeness (QED) is 0.647. The van der Waals surface area contributed by atoms with E-state index in [9.17, 15) is 9.59 Å². The molecule has 4 heteroatoms.